The lowest BCUT2D eigenvalue weighted by Crippen LogP contribution is -2.44. The molecule has 7 heteroatoms. The van der Waals surface area contributed by atoms with Gasteiger partial charge in [-0.3, -0.25) is 4.79 Å². The van der Waals surface area contributed by atoms with Gasteiger partial charge in [-0.25, -0.2) is 15.2 Å². The number of fused-ring (bicyclic) bond motifs is 1. The largest absolute Gasteiger partial charge is 0.443 e. The summed E-state index contributed by atoms with van der Waals surface area (Å²) in [5, 5.41) is 1.58. The van der Waals surface area contributed by atoms with Crippen LogP contribution in [0.15, 0.2) is 12.1 Å². The van der Waals surface area contributed by atoms with Gasteiger partial charge in [0.2, 0.25) is 0 Å². The Morgan fingerprint density at radius 1 is 1.45 bits per heavy atom. The highest BCUT2D eigenvalue weighted by Crippen LogP contribution is 2.32. The topological polar surface area (TPSA) is 84.7 Å². The van der Waals surface area contributed by atoms with Gasteiger partial charge in [0.1, 0.15) is 5.60 Å². The lowest BCUT2D eigenvalue weighted by atomic mass is 10.1. The number of carbonyl (C=O) groups is 2. The van der Waals surface area contributed by atoms with Crippen molar-refractivity contribution in [2.24, 2.45) is 0 Å². The molecule has 1 heterocycles. The van der Waals surface area contributed by atoms with Crippen LogP contribution in [0.3, 0.4) is 0 Å². The van der Waals surface area contributed by atoms with E-state index in [-0.39, 0.29) is 6.54 Å². The summed E-state index contributed by atoms with van der Waals surface area (Å²) in [5.41, 5.74) is 8.80. The number of carbonyl (C=O) groups excluding carboxylic acids is 2. The molecule has 108 valence electrons. The predicted molar refractivity (Wildman–Crippen MR) is 75.1 cm³/mol. The lowest BCUT2D eigenvalue weighted by molar-refractivity contribution is 0.0302. The van der Waals surface area contributed by atoms with Gasteiger partial charge in [-0.15, -0.1) is 0 Å². The van der Waals surface area contributed by atoms with Gasteiger partial charge >= 0.3 is 6.09 Å². The maximum Gasteiger partial charge on any atom is 0.426 e. The fraction of sp³-hybridized carbons (Fsp3) is 0.385. The van der Waals surface area contributed by atoms with E-state index in [1.54, 1.807) is 32.9 Å². The smallest absolute Gasteiger partial charge is 0.426 e. The van der Waals surface area contributed by atoms with Crippen LogP contribution < -0.4 is 11.2 Å². The molecule has 2 amide bonds. The number of benzene rings is 1. The van der Waals surface area contributed by atoms with E-state index in [4.69, 9.17) is 22.1 Å². The van der Waals surface area contributed by atoms with Gasteiger partial charge in [0.05, 0.1) is 12.1 Å². The maximum absolute atomic E-state index is 12.2. The number of nitrogen functional groups attached to an aromatic ring is 1. The second-order valence-corrected chi connectivity index (χ2v) is 5.90. The molecule has 0 aliphatic carbocycles. The number of hydrazine groups is 1. The Morgan fingerprint density at radius 2 is 2.10 bits per heavy atom. The minimum atomic E-state index is -0.701. The standard InChI is InChI=1S/C13H16ClN3O3/c1-13(2,3)20-12(19)16-17-6-7-8(14)4-5-9(15)10(7)11(17)18/h4-5H,6,15H2,1-3H3,(H,16,19). The van der Waals surface area contributed by atoms with E-state index in [1.165, 1.54) is 0 Å². The molecule has 0 spiro atoms. The summed E-state index contributed by atoms with van der Waals surface area (Å²) in [6.45, 7) is 5.38. The number of nitrogens with zero attached hydrogens (tertiary/aromatic N) is 1. The fourth-order valence-electron chi connectivity index (χ4n) is 1.91. The molecule has 0 bridgehead atoms. The molecule has 2 rings (SSSR count). The van der Waals surface area contributed by atoms with Gasteiger partial charge in [0, 0.05) is 16.3 Å². The third-order valence-corrected chi connectivity index (χ3v) is 3.04. The molecule has 0 unspecified atom stereocenters. The number of rotatable bonds is 1. The Kier molecular flexibility index (Phi) is 3.52. The second-order valence-electron chi connectivity index (χ2n) is 5.50. The average Bonchev–Trinajstić information content (AvgIpc) is 2.60. The molecular weight excluding hydrogens is 282 g/mol. The number of amides is 2. The van der Waals surface area contributed by atoms with Crippen LogP contribution in [0.2, 0.25) is 5.02 Å². The average molecular weight is 298 g/mol. The van der Waals surface area contributed by atoms with Crippen molar-refractivity contribution < 1.29 is 14.3 Å². The summed E-state index contributed by atoms with van der Waals surface area (Å²) in [7, 11) is 0. The fourth-order valence-corrected chi connectivity index (χ4v) is 2.13. The van der Waals surface area contributed by atoms with Crippen molar-refractivity contribution in [2.45, 2.75) is 32.9 Å². The zero-order valence-electron chi connectivity index (χ0n) is 11.5. The highest BCUT2D eigenvalue weighted by atomic mass is 35.5. The van der Waals surface area contributed by atoms with Crippen molar-refractivity contribution in [3.8, 4) is 0 Å². The second kappa shape index (κ2) is 4.86. The van der Waals surface area contributed by atoms with Crippen LogP contribution in [-0.4, -0.2) is 22.6 Å². The zero-order valence-corrected chi connectivity index (χ0v) is 12.2. The summed E-state index contributed by atoms with van der Waals surface area (Å²) < 4.78 is 5.10. The molecule has 3 N–H and O–H groups in total. The van der Waals surface area contributed by atoms with Crippen molar-refractivity contribution in [2.75, 3.05) is 5.73 Å². The van der Waals surface area contributed by atoms with E-state index in [1.807, 2.05) is 0 Å². The van der Waals surface area contributed by atoms with E-state index in [9.17, 15) is 9.59 Å². The molecule has 1 aromatic carbocycles. The number of nitrogens with two attached hydrogens (primary N) is 1. The highest BCUT2D eigenvalue weighted by molar-refractivity contribution is 6.32. The van der Waals surface area contributed by atoms with Gasteiger partial charge in [-0.05, 0) is 32.9 Å². The number of hydrogen-bond donors (Lipinski definition) is 2. The van der Waals surface area contributed by atoms with Crippen LogP contribution in [0.1, 0.15) is 36.7 Å². The van der Waals surface area contributed by atoms with E-state index in [0.717, 1.165) is 5.01 Å². The summed E-state index contributed by atoms with van der Waals surface area (Å²) in [4.78, 5) is 23.9. The first kappa shape index (κ1) is 14.5. The normalized spacial score (nSPS) is 14.2. The Balaban J connectivity index is 2.16. The summed E-state index contributed by atoms with van der Waals surface area (Å²) in [5.74, 6) is -0.397. The van der Waals surface area contributed by atoms with Crippen LogP contribution in [0.4, 0.5) is 10.5 Å². The Hall–Kier alpha value is -1.95. The van der Waals surface area contributed by atoms with Crippen molar-refractivity contribution in [3.05, 3.63) is 28.3 Å². The maximum atomic E-state index is 12.2. The molecule has 0 saturated heterocycles. The Morgan fingerprint density at radius 3 is 2.65 bits per heavy atom. The Bertz CT molecular complexity index is 581. The Labute approximate surface area is 121 Å². The molecule has 20 heavy (non-hydrogen) atoms. The molecule has 0 aromatic heterocycles. The van der Waals surface area contributed by atoms with Crippen molar-refractivity contribution in [1.29, 1.82) is 0 Å². The molecule has 1 aliphatic rings. The number of anilines is 1. The third-order valence-electron chi connectivity index (χ3n) is 2.69. The molecule has 6 nitrogen and oxygen atoms in total. The molecule has 1 aliphatic heterocycles. The molecule has 0 saturated carbocycles. The first-order chi connectivity index (χ1) is 9.19. The van der Waals surface area contributed by atoms with Gasteiger partial charge in [-0.1, -0.05) is 11.6 Å². The van der Waals surface area contributed by atoms with E-state index in [0.29, 0.717) is 21.8 Å². The van der Waals surface area contributed by atoms with E-state index < -0.39 is 17.6 Å². The van der Waals surface area contributed by atoms with Crippen LogP contribution in [0.25, 0.3) is 0 Å². The van der Waals surface area contributed by atoms with Gasteiger partial charge < -0.3 is 10.5 Å². The van der Waals surface area contributed by atoms with E-state index >= 15 is 0 Å². The summed E-state index contributed by atoms with van der Waals surface area (Å²) in [6, 6.07) is 3.19. The number of halogens is 1. The molecule has 0 radical (unpaired) electrons. The number of nitrogens with one attached hydrogen (secondary N) is 1. The third kappa shape index (κ3) is 2.80. The highest BCUT2D eigenvalue weighted by Gasteiger charge is 2.33. The van der Waals surface area contributed by atoms with Crippen molar-refractivity contribution in [3.63, 3.8) is 0 Å². The first-order valence-corrected chi connectivity index (χ1v) is 6.45. The SMILES string of the molecule is CC(C)(C)OC(=O)NN1Cc2c(Cl)ccc(N)c2C1=O. The van der Waals surface area contributed by atoms with Crippen LogP contribution in [0.5, 0.6) is 0 Å². The number of hydrogen-bond acceptors (Lipinski definition) is 4. The summed E-state index contributed by atoms with van der Waals surface area (Å²) in [6.07, 6.45) is -0.701. The van der Waals surface area contributed by atoms with E-state index in [2.05, 4.69) is 5.43 Å². The zero-order chi connectivity index (χ0) is 15.1. The van der Waals surface area contributed by atoms with Crippen LogP contribution in [-0.2, 0) is 11.3 Å². The minimum absolute atomic E-state index is 0.164. The van der Waals surface area contributed by atoms with Crippen LogP contribution in [0, 0.1) is 0 Å². The molecule has 0 atom stereocenters. The first-order valence-electron chi connectivity index (χ1n) is 6.07. The molecular formula is C13H16ClN3O3. The summed E-state index contributed by atoms with van der Waals surface area (Å²) >= 11 is 6.04. The monoisotopic (exact) mass is 297 g/mol. The van der Waals surface area contributed by atoms with Gasteiger partial charge in [-0.2, -0.15) is 0 Å². The van der Waals surface area contributed by atoms with Crippen molar-refractivity contribution >= 4 is 29.3 Å². The molecule has 1 aromatic rings. The number of ether oxygens (including phenoxy) is 1. The van der Waals surface area contributed by atoms with Gasteiger partial charge in [0.25, 0.3) is 5.91 Å². The van der Waals surface area contributed by atoms with Crippen LogP contribution >= 0.6 is 11.6 Å². The quantitative estimate of drug-likeness (QED) is 0.779. The lowest BCUT2D eigenvalue weighted by Gasteiger charge is -2.23. The van der Waals surface area contributed by atoms with Crippen molar-refractivity contribution in [1.82, 2.24) is 10.4 Å². The minimum Gasteiger partial charge on any atom is -0.443 e. The van der Waals surface area contributed by atoms with Gasteiger partial charge in [0.15, 0.2) is 0 Å². The molecule has 0 fully saturated rings. The predicted octanol–water partition coefficient (Wildman–Crippen LogP) is 2.32.